The maximum atomic E-state index is 10.9. The molecule has 1 N–H and O–H groups in total. The lowest BCUT2D eigenvalue weighted by atomic mass is 9.89. The van der Waals surface area contributed by atoms with Crippen molar-refractivity contribution in [2.24, 2.45) is 0 Å². The molecule has 1 aliphatic heterocycles. The number of benzene rings is 1. The number of halogens is 1. The molecule has 0 spiro atoms. The van der Waals surface area contributed by atoms with E-state index < -0.39 is 26.3 Å². The molecule has 4 nitrogen and oxygen atoms in total. The summed E-state index contributed by atoms with van der Waals surface area (Å²) >= 11 is 2.32. The zero-order valence-corrected chi connectivity index (χ0v) is 20.1. The highest BCUT2D eigenvalue weighted by Gasteiger charge is 2.56. The van der Waals surface area contributed by atoms with Crippen LogP contribution in [0.15, 0.2) is 30.3 Å². The SMILES string of the molecule is C[C@@H]1O[C@@H](OCc2ccccc2)[C@H](I)[C@](C)(O[Si](C)(C)C(C)(C)C)[C@H]1O. The van der Waals surface area contributed by atoms with E-state index in [0.717, 1.165) is 5.56 Å². The molecule has 26 heavy (non-hydrogen) atoms. The fourth-order valence-electron chi connectivity index (χ4n) is 2.95. The fourth-order valence-corrected chi connectivity index (χ4v) is 5.72. The quantitative estimate of drug-likeness (QED) is 0.361. The number of aliphatic hydroxyl groups is 1. The number of hydrogen-bond acceptors (Lipinski definition) is 4. The summed E-state index contributed by atoms with van der Waals surface area (Å²) in [5, 5.41) is 11.0. The van der Waals surface area contributed by atoms with Crippen molar-refractivity contribution in [2.45, 2.75) is 87.4 Å². The molecule has 0 saturated carbocycles. The van der Waals surface area contributed by atoms with E-state index in [9.17, 15) is 5.11 Å². The van der Waals surface area contributed by atoms with Crippen LogP contribution in [0.3, 0.4) is 0 Å². The van der Waals surface area contributed by atoms with Crippen molar-refractivity contribution < 1.29 is 19.0 Å². The average Bonchev–Trinajstić information content (AvgIpc) is 2.55. The first kappa shape index (κ1) is 22.3. The van der Waals surface area contributed by atoms with E-state index in [2.05, 4.69) is 56.5 Å². The lowest BCUT2D eigenvalue weighted by Crippen LogP contribution is -2.67. The van der Waals surface area contributed by atoms with Crippen molar-refractivity contribution in [3.8, 4) is 0 Å². The Bertz CT molecular complexity index is 589. The van der Waals surface area contributed by atoms with Crippen molar-refractivity contribution in [3.63, 3.8) is 0 Å². The lowest BCUT2D eigenvalue weighted by molar-refractivity contribution is -0.263. The molecule has 1 fully saturated rings. The van der Waals surface area contributed by atoms with Gasteiger partial charge in [-0.1, -0.05) is 73.7 Å². The minimum absolute atomic E-state index is 0.0635. The largest absolute Gasteiger partial charge is 0.408 e. The molecule has 0 aromatic heterocycles. The van der Waals surface area contributed by atoms with Gasteiger partial charge in [0, 0.05) is 0 Å². The number of hydrogen-bond donors (Lipinski definition) is 1. The lowest BCUT2D eigenvalue weighted by Gasteiger charge is -2.53. The first-order valence-corrected chi connectivity index (χ1v) is 13.4. The molecule has 0 radical (unpaired) electrons. The van der Waals surface area contributed by atoms with Crippen molar-refractivity contribution in [1.82, 2.24) is 0 Å². The summed E-state index contributed by atoms with van der Waals surface area (Å²) in [5.74, 6) is 0. The third kappa shape index (κ3) is 4.70. The van der Waals surface area contributed by atoms with Crippen LogP contribution in [0.4, 0.5) is 0 Å². The third-order valence-corrected chi connectivity index (χ3v) is 12.1. The minimum Gasteiger partial charge on any atom is -0.408 e. The van der Waals surface area contributed by atoms with Crippen LogP contribution in [0.2, 0.25) is 18.1 Å². The molecule has 0 amide bonds. The van der Waals surface area contributed by atoms with Crippen LogP contribution in [-0.2, 0) is 20.5 Å². The maximum absolute atomic E-state index is 10.9. The van der Waals surface area contributed by atoms with Crippen molar-refractivity contribution in [3.05, 3.63) is 35.9 Å². The van der Waals surface area contributed by atoms with Gasteiger partial charge in [-0.15, -0.1) is 0 Å². The first-order valence-electron chi connectivity index (χ1n) is 9.22. The third-order valence-electron chi connectivity index (χ3n) is 5.71. The summed E-state index contributed by atoms with van der Waals surface area (Å²) in [6, 6.07) is 10.1. The van der Waals surface area contributed by atoms with Gasteiger partial charge in [0.1, 0.15) is 6.10 Å². The number of alkyl halides is 1. The Morgan fingerprint density at radius 3 is 2.35 bits per heavy atom. The Morgan fingerprint density at radius 1 is 1.23 bits per heavy atom. The Morgan fingerprint density at radius 2 is 1.81 bits per heavy atom. The molecular weight excluding hydrogens is 459 g/mol. The van der Waals surface area contributed by atoms with Crippen LogP contribution >= 0.6 is 22.6 Å². The van der Waals surface area contributed by atoms with Gasteiger partial charge in [-0.3, -0.25) is 0 Å². The van der Waals surface area contributed by atoms with E-state index in [1.54, 1.807) is 0 Å². The Balaban J connectivity index is 2.19. The zero-order valence-electron chi connectivity index (χ0n) is 17.0. The first-order chi connectivity index (χ1) is 11.9. The molecule has 6 heteroatoms. The van der Waals surface area contributed by atoms with Gasteiger partial charge < -0.3 is 19.0 Å². The number of rotatable bonds is 5. The molecule has 5 atom stereocenters. The summed E-state index contributed by atoms with van der Waals surface area (Å²) in [7, 11) is -2.07. The van der Waals surface area contributed by atoms with Gasteiger partial charge in [-0.2, -0.15) is 0 Å². The van der Waals surface area contributed by atoms with Crippen LogP contribution in [0, 0.1) is 0 Å². The molecule has 1 saturated heterocycles. The van der Waals surface area contributed by atoms with Gasteiger partial charge in [0.2, 0.25) is 0 Å². The highest BCUT2D eigenvalue weighted by atomic mass is 127. The van der Waals surface area contributed by atoms with E-state index in [4.69, 9.17) is 13.9 Å². The van der Waals surface area contributed by atoms with E-state index in [-0.39, 0.29) is 15.1 Å². The molecule has 2 rings (SSSR count). The van der Waals surface area contributed by atoms with E-state index in [0.29, 0.717) is 6.61 Å². The number of aliphatic hydroxyl groups excluding tert-OH is 1. The molecule has 1 aliphatic rings. The molecule has 0 unspecified atom stereocenters. The van der Waals surface area contributed by atoms with Crippen LogP contribution in [0.25, 0.3) is 0 Å². The monoisotopic (exact) mass is 492 g/mol. The van der Waals surface area contributed by atoms with Crippen LogP contribution in [-0.4, -0.2) is 41.4 Å². The second-order valence-electron chi connectivity index (χ2n) is 8.90. The summed E-state index contributed by atoms with van der Waals surface area (Å²) in [4.78, 5) is 0. The highest BCUT2D eigenvalue weighted by molar-refractivity contribution is 14.1. The smallest absolute Gasteiger partial charge is 0.193 e. The van der Waals surface area contributed by atoms with Crippen molar-refractivity contribution >= 4 is 30.9 Å². The molecule has 1 aromatic rings. The molecule has 1 aromatic carbocycles. The molecule has 0 bridgehead atoms. The van der Waals surface area contributed by atoms with Crippen molar-refractivity contribution in [2.75, 3.05) is 0 Å². The maximum Gasteiger partial charge on any atom is 0.193 e. The normalized spacial score (nSPS) is 33.3. The highest BCUT2D eigenvalue weighted by Crippen LogP contribution is 2.45. The molecule has 148 valence electrons. The predicted octanol–water partition coefficient (Wildman–Crippen LogP) is 4.89. The van der Waals surface area contributed by atoms with Gasteiger partial charge in [-0.25, -0.2) is 0 Å². The van der Waals surface area contributed by atoms with E-state index in [1.807, 2.05) is 44.2 Å². The van der Waals surface area contributed by atoms with E-state index in [1.165, 1.54) is 0 Å². The number of ether oxygens (including phenoxy) is 2. The Labute approximate surface area is 172 Å². The summed E-state index contributed by atoms with van der Waals surface area (Å²) in [6.07, 6.45) is -1.48. The zero-order chi connectivity index (χ0) is 19.8. The Hall–Kier alpha value is 0.00688. The van der Waals surface area contributed by atoms with Crippen LogP contribution in [0.5, 0.6) is 0 Å². The topological polar surface area (TPSA) is 47.9 Å². The summed E-state index contributed by atoms with van der Waals surface area (Å²) in [6.45, 7) is 15.4. The van der Waals surface area contributed by atoms with E-state index >= 15 is 0 Å². The standard InChI is InChI=1S/C20H33IO4Si/c1-14-17(22)20(5,25-26(6,7)19(2,3)4)16(21)18(24-14)23-13-15-11-9-8-10-12-15/h8-12,14,16-18,22H,13H2,1-7H3/t14-,16-,17-,18+,20-/m0/s1. The fraction of sp³-hybridized carbons (Fsp3) is 0.700. The average molecular weight is 492 g/mol. The summed E-state index contributed by atoms with van der Waals surface area (Å²) in [5.41, 5.74) is 0.383. The van der Waals surface area contributed by atoms with Gasteiger partial charge in [0.05, 0.1) is 22.2 Å². The van der Waals surface area contributed by atoms with Gasteiger partial charge >= 0.3 is 0 Å². The predicted molar refractivity (Wildman–Crippen MR) is 116 cm³/mol. The second-order valence-corrected chi connectivity index (χ2v) is 15.0. The van der Waals surface area contributed by atoms with Crippen LogP contribution < -0.4 is 0 Å². The van der Waals surface area contributed by atoms with Gasteiger partial charge in [-0.05, 0) is 37.5 Å². The van der Waals surface area contributed by atoms with Crippen LogP contribution in [0.1, 0.15) is 40.2 Å². The Kier molecular flexibility index (Phi) is 7.00. The molecule has 0 aliphatic carbocycles. The van der Waals surface area contributed by atoms with Gasteiger partial charge in [0.25, 0.3) is 0 Å². The summed E-state index contributed by atoms with van der Waals surface area (Å²) < 4.78 is 18.7. The van der Waals surface area contributed by atoms with Gasteiger partial charge in [0.15, 0.2) is 14.6 Å². The molecule has 1 heterocycles. The molecular formula is C20H33IO4Si. The van der Waals surface area contributed by atoms with Crippen molar-refractivity contribution in [1.29, 1.82) is 0 Å². The second kappa shape index (κ2) is 8.17. The minimum atomic E-state index is -2.07.